The Morgan fingerprint density at radius 3 is 2.81 bits per heavy atom. The van der Waals surface area contributed by atoms with E-state index in [9.17, 15) is 4.79 Å². The van der Waals surface area contributed by atoms with Gasteiger partial charge in [0.1, 0.15) is 0 Å². The number of carbonyl (C=O) groups excluding carboxylic acids is 1. The third kappa shape index (κ3) is 3.58. The fraction of sp³-hybridized carbons (Fsp3) is 0.588. The van der Waals surface area contributed by atoms with Gasteiger partial charge < -0.3 is 10.6 Å². The second-order valence-corrected chi connectivity index (χ2v) is 6.31. The summed E-state index contributed by atoms with van der Waals surface area (Å²) >= 11 is 0. The molecule has 0 bridgehead atoms. The fourth-order valence-corrected chi connectivity index (χ4v) is 3.36. The molecule has 21 heavy (non-hydrogen) atoms. The standard InChI is InChI=1S/C17H24N2O.ClH/c1-11-6-3-4-7-13(11)14-10-15(14)17(20)19-16-8-5-9-18-12(16)2;/h3-4,6-7,12,14-16,18H,5,8-10H2,1-2H3,(H,19,20);1H. The van der Waals surface area contributed by atoms with Crippen molar-refractivity contribution in [3.63, 3.8) is 0 Å². The van der Waals surface area contributed by atoms with Crippen LogP contribution in [0.15, 0.2) is 24.3 Å². The zero-order chi connectivity index (χ0) is 14.1. The van der Waals surface area contributed by atoms with E-state index < -0.39 is 0 Å². The van der Waals surface area contributed by atoms with E-state index in [4.69, 9.17) is 0 Å². The summed E-state index contributed by atoms with van der Waals surface area (Å²) in [5.74, 6) is 0.868. The summed E-state index contributed by atoms with van der Waals surface area (Å²) in [6.45, 7) is 5.37. The molecule has 1 aliphatic carbocycles. The first-order valence-corrected chi connectivity index (χ1v) is 7.76. The number of hydrogen-bond donors (Lipinski definition) is 2. The molecular weight excluding hydrogens is 284 g/mol. The highest BCUT2D eigenvalue weighted by molar-refractivity contribution is 5.85. The molecule has 116 valence electrons. The van der Waals surface area contributed by atoms with E-state index in [1.807, 2.05) is 0 Å². The maximum Gasteiger partial charge on any atom is 0.224 e. The SMILES string of the molecule is Cc1ccccc1C1CC1C(=O)NC1CCCNC1C.Cl. The van der Waals surface area contributed by atoms with Crippen molar-refractivity contribution >= 4 is 18.3 Å². The molecule has 4 unspecified atom stereocenters. The van der Waals surface area contributed by atoms with Gasteiger partial charge in [-0.1, -0.05) is 24.3 Å². The predicted molar refractivity (Wildman–Crippen MR) is 87.9 cm³/mol. The minimum absolute atomic E-state index is 0. The van der Waals surface area contributed by atoms with Crippen molar-refractivity contribution in [2.24, 2.45) is 5.92 Å². The summed E-state index contributed by atoms with van der Waals surface area (Å²) < 4.78 is 0. The number of hydrogen-bond acceptors (Lipinski definition) is 2. The van der Waals surface area contributed by atoms with Crippen LogP contribution in [0.1, 0.15) is 43.2 Å². The number of rotatable bonds is 3. The minimum atomic E-state index is 0. The minimum Gasteiger partial charge on any atom is -0.352 e. The smallest absolute Gasteiger partial charge is 0.224 e. The second-order valence-electron chi connectivity index (χ2n) is 6.31. The van der Waals surface area contributed by atoms with Gasteiger partial charge in [0, 0.05) is 18.0 Å². The van der Waals surface area contributed by atoms with Crippen molar-refractivity contribution in [3.8, 4) is 0 Å². The van der Waals surface area contributed by atoms with Crippen molar-refractivity contribution in [2.75, 3.05) is 6.54 Å². The lowest BCUT2D eigenvalue weighted by Crippen LogP contribution is -2.52. The summed E-state index contributed by atoms with van der Waals surface area (Å²) in [6.07, 6.45) is 3.26. The van der Waals surface area contributed by atoms with Crippen molar-refractivity contribution in [2.45, 2.75) is 51.1 Å². The van der Waals surface area contributed by atoms with Gasteiger partial charge in [-0.25, -0.2) is 0 Å². The van der Waals surface area contributed by atoms with E-state index >= 15 is 0 Å². The zero-order valence-electron chi connectivity index (χ0n) is 12.8. The van der Waals surface area contributed by atoms with Crippen LogP contribution in [0.5, 0.6) is 0 Å². The molecule has 2 aliphatic rings. The summed E-state index contributed by atoms with van der Waals surface area (Å²) in [4.78, 5) is 12.4. The van der Waals surface area contributed by atoms with Gasteiger partial charge in [0.2, 0.25) is 5.91 Å². The van der Waals surface area contributed by atoms with Crippen molar-refractivity contribution in [1.82, 2.24) is 10.6 Å². The molecule has 4 atom stereocenters. The Balaban J connectivity index is 0.00000161. The fourth-order valence-electron chi connectivity index (χ4n) is 3.36. The molecule has 1 aliphatic heterocycles. The monoisotopic (exact) mass is 308 g/mol. The van der Waals surface area contributed by atoms with Gasteiger partial charge in [0.05, 0.1) is 0 Å². The van der Waals surface area contributed by atoms with E-state index in [0.29, 0.717) is 18.0 Å². The molecule has 1 heterocycles. The Morgan fingerprint density at radius 1 is 1.33 bits per heavy atom. The van der Waals surface area contributed by atoms with Gasteiger partial charge in [-0.15, -0.1) is 12.4 Å². The quantitative estimate of drug-likeness (QED) is 0.901. The van der Waals surface area contributed by atoms with Crippen LogP contribution in [0, 0.1) is 12.8 Å². The van der Waals surface area contributed by atoms with Crippen LogP contribution in [-0.4, -0.2) is 24.5 Å². The van der Waals surface area contributed by atoms with Crippen LogP contribution in [0.2, 0.25) is 0 Å². The second kappa shape index (κ2) is 6.80. The Morgan fingerprint density at radius 2 is 2.10 bits per heavy atom. The van der Waals surface area contributed by atoms with Crippen LogP contribution < -0.4 is 10.6 Å². The number of carbonyl (C=O) groups is 1. The number of nitrogens with one attached hydrogen (secondary N) is 2. The molecule has 0 radical (unpaired) electrons. The molecule has 2 fully saturated rings. The van der Waals surface area contributed by atoms with Crippen LogP contribution in [-0.2, 0) is 4.79 Å². The average molecular weight is 309 g/mol. The first kappa shape index (κ1) is 16.3. The van der Waals surface area contributed by atoms with Crippen LogP contribution in [0.25, 0.3) is 0 Å². The number of piperidine rings is 1. The van der Waals surface area contributed by atoms with Gasteiger partial charge in [-0.05, 0) is 56.7 Å². The number of halogens is 1. The van der Waals surface area contributed by atoms with E-state index in [2.05, 4.69) is 48.7 Å². The molecule has 3 nitrogen and oxygen atoms in total. The molecular formula is C17H25ClN2O. The molecule has 3 rings (SSSR count). The molecule has 0 spiro atoms. The Hall–Kier alpha value is -1.06. The van der Waals surface area contributed by atoms with E-state index in [1.165, 1.54) is 11.1 Å². The van der Waals surface area contributed by atoms with Crippen LogP contribution in [0.4, 0.5) is 0 Å². The number of aryl methyl sites for hydroxylation is 1. The molecule has 1 saturated heterocycles. The topological polar surface area (TPSA) is 41.1 Å². The predicted octanol–water partition coefficient (Wildman–Crippen LogP) is 2.78. The molecule has 1 saturated carbocycles. The number of benzene rings is 1. The highest BCUT2D eigenvalue weighted by atomic mass is 35.5. The van der Waals surface area contributed by atoms with Gasteiger partial charge in [-0.2, -0.15) is 0 Å². The van der Waals surface area contributed by atoms with E-state index in [-0.39, 0.29) is 24.2 Å². The molecule has 4 heteroatoms. The summed E-state index contributed by atoms with van der Waals surface area (Å²) in [5, 5.41) is 6.68. The van der Waals surface area contributed by atoms with E-state index in [0.717, 1.165) is 25.8 Å². The lowest BCUT2D eigenvalue weighted by molar-refractivity contribution is -0.123. The first-order valence-electron chi connectivity index (χ1n) is 7.76. The highest BCUT2D eigenvalue weighted by Crippen LogP contribution is 2.48. The van der Waals surface area contributed by atoms with Crippen molar-refractivity contribution in [1.29, 1.82) is 0 Å². The normalized spacial score (nSPS) is 31.1. The maximum atomic E-state index is 12.4. The molecule has 1 aromatic rings. The average Bonchev–Trinajstić information content (AvgIpc) is 3.22. The summed E-state index contributed by atoms with van der Waals surface area (Å²) in [7, 11) is 0. The van der Waals surface area contributed by atoms with Gasteiger partial charge >= 0.3 is 0 Å². The Labute approximate surface area is 133 Å². The maximum absolute atomic E-state index is 12.4. The molecule has 1 amide bonds. The Kier molecular flexibility index (Phi) is 5.28. The first-order chi connectivity index (χ1) is 9.66. The van der Waals surface area contributed by atoms with Crippen LogP contribution in [0.3, 0.4) is 0 Å². The molecule has 2 N–H and O–H groups in total. The lowest BCUT2D eigenvalue weighted by Gasteiger charge is -2.30. The number of amides is 1. The van der Waals surface area contributed by atoms with Gasteiger partial charge in [0.25, 0.3) is 0 Å². The zero-order valence-corrected chi connectivity index (χ0v) is 13.6. The highest BCUT2D eigenvalue weighted by Gasteiger charge is 2.45. The Bertz CT molecular complexity index is 505. The van der Waals surface area contributed by atoms with Gasteiger partial charge in [-0.3, -0.25) is 4.79 Å². The van der Waals surface area contributed by atoms with Crippen LogP contribution >= 0.6 is 12.4 Å². The van der Waals surface area contributed by atoms with Gasteiger partial charge in [0.15, 0.2) is 0 Å². The molecule has 1 aromatic carbocycles. The van der Waals surface area contributed by atoms with Crippen molar-refractivity contribution < 1.29 is 4.79 Å². The largest absolute Gasteiger partial charge is 0.352 e. The third-order valence-corrected chi connectivity index (χ3v) is 4.80. The summed E-state index contributed by atoms with van der Waals surface area (Å²) in [6, 6.07) is 9.13. The van der Waals surface area contributed by atoms with Crippen molar-refractivity contribution in [3.05, 3.63) is 35.4 Å². The third-order valence-electron chi connectivity index (χ3n) is 4.80. The van der Waals surface area contributed by atoms with E-state index in [1.54, 1.807) is 0 Å². The summed E-state index contributed by atoms with van der Waals surface area (Å²) in [5.41, 5.74) is 2.66. The molecule has 0 aromatic heterocycles. The lowest BCUT2D eigenvalue weighted by atomic mass is 9.99.